The summed E-state index contributed by atoms with van der Waals surface area (Å²) in [5.74, 6) is 0. The highest BCUT2D eigenvalue weighted by Crippen LogP contribution is 2.23. The van der Waals surface area contributed by atoms with E-state index in [0.29, 0.717) is 5.69 Å². The van der Waals surface area contributed by atoms with E-state index in [1.807, 2.05) is 19.1 Å². The van der Waals surface area contributed by atoms with E-state index in [-0.39, 0.29) is 10.0 Å². The third-order valence-electron chi connectivity index (χ3n) is 3.23. The number of rotatable bonds is 3. The average Bonchev–Trinajstić information content (AvgIpc) is 2.47. The third-order valence-corrected chi connectivity index (χ3v) is 4.82. The monoisotopic (exact) mass is 333 g/mol. The number of sulfonamides is 1. The number of aromatic nitrogens is 2. The molecule has 0 unspecified atom stereocenters. The lowest BCUT2D eigenvalue weighted by Crippen LogP contribution is -2.13. The minimum atomic E-state index is -3.70. The number of halogens is 1. The van der Waals surface area contributed by atoms with Crippen molar-refractivity contribution in [2.24, 2.45) is 0 Å². The van der Waals surface area contributed by atoms with E-state index in [0.717, 1.165) is 16.5 Å². The smallest absolute Gasteiger partial charge is 0.263 e. The van der Waals surface area contributed by atoms with Gasteiger partial charge in [0.15, 0.2) is 0 Å². The van der Waals surface area contributed by atoms with Crippen molar-refractivity contribution in [1.29, 1.82) is 0 Å². The highest BCUT2D eigenvalue weighted by molar-refractivity contribution is 7.92. The maximum absolute atomic E-state index is 12.3. The second kappa shape index (κ2) is 5.55. The van der Waals surface area contributed by atoms with E-state index in [1.54, 1.807) is 18.3 Å². The van der Waals surface area contributed by atoms with Crippen molar-refractivity contribution in [2.45, 2.75) is 11.8 Å². The summed E-state index contributed by atoms with van der Waals surface area (Å²) in [5.41, 5.74) is 1.38. The summed E-state index contributed by atoms with van der Waals surface area (Å²) >= 11 is 5.67. The van der Waals surface area contributed by atoms with Gasteiger partial charge in [0.1, 0.15) is 10.0 Å². The molecule has 0 radical (unpaired) electrons. The first-order valence-electron chi connectivity index (χ1n) is 6.45. The molecule has 0 saturated carbocycles. The topological polar surface area (TPSA) is 72.0 Å². The fourth-order valence-electron chi connectivity index (χ4n) is 2.13. The summed E-state index contributed by atoms with van der Waals surface area (Å²) in [4.78, 5) is 8.05. The Morgan fingerprint density at radius 1 is 1.09 bits per heavy atom. The zero-order chi connectivity index (χ0) is 15.7. The van der Waals surface area contributed by atoms with E-state index in [1.165, 1.54) is 18.3 Å². The molecular formula is C15H12ClN3O2S. The van der Waals surface area contributed by atoms with Gasteiger partial charge in [0, 0.05) is 29.2 Å². The first-order valence-corrected chi connectivity index (χ1v) is 8.31. The number of fused-ring (bicyclic) bond motifs is 1. The second-order valence-electron chi connectivity index (χ2n) is 4.75. The number of hydrogen-bond donors (Lipinski definition) is 1. The normalized spacial score (nSPS) is 11.5. The molecule has 0 atom stereocenters. The SMILES string of the molecule is Cc1nccc2cc(NS(=O)(=O)c3ccc(Cl)nc3)ccc12. The number of nitrogens with zero attached hydrogens (tertiary/aromatic N) is 2. The zero-order valence-electron chi connectivity index (χ0n) is 11.6. The Morgan fingerprint density at radius 2 is 1.91 bits per heavy atom. The molecule has 0 aliphatic rings. The van der Waals surface area contributed by atoms with Crippen molar-refractivity contribution in [2.75, 3.05) is 4.72 Å². The Labute approximate surface area is 133 Å². The van der Waals surface area contributed by atoms with Gasteiger partial charge in [-0.05, 0) is 42.6 Å². The maximum Gasteiger partial charge on any atom is 0.263 e. The van der Waals surface area contributed by atoms with Crippen LogP contribution in [-0.2, 0) is 10.0 Å². The van der Waals surface area contributed by atoms with E-state index in [2.05, 4.69) is 14.7 Å². The van der Waals surface area contributed by atoms with E-state index >= 15 is 0 Å². The number of benzene rings is 1. The molecule has 1 aromatic carbocycles. The van der Waals surface area contributed by atoms with E-state index in [9.17, 15) is 8.42 Å². The maximum atomic E-state index is 12.3. The van der Waals surface area contributed by atoms with Gasteiger partial charge in [0.05, 0.1) is 0 Å². The fourth-order valence-corrected chi connectivity index (χ4v) is 3.23. The minimum absolute atomic E-state index is 0.0582. The summed E-state index contributed by atoms with van der Waals surface area (Å²) in [7, 11) is -3.70. The van der Waals surface area contributed by atoms with E-state index < -0.39 is 10.0 Å². The van der Waals surface area contributed by atoms with Gasteiger partial charge in [-0.2, -0.15) is 0 Å². The summed E-state index contributed by atoms with van der Waals surface area (Å²) in [6, 6.07) is 10.0. The molecule has 3 rings (SSSR count). The predicted octanol–water partition coefficient (Wildman–Crippen LogP) is 3.39. The summed E-state index contributed by atoms with van der Waals surface area (Å²) in [5, 5.41) is 2.15. The summed E-state index contributed by atoms with van der Waals surface area (Å²) in [6.07, 6.45) is 2.92. The predicted molar refractivity (Wildman–Crippen MR) is 86.5 cm³/mol. The number of aryl methyl sites for hydroxylation is 1. The second-order valence-corrected chi connectivity index (χ2v) is 6.82. The highest BCUT2D eigenvalue weighted by atomic mass is 35.5. The van der Waals surface area contributed by atoms with Crippen LogP contribution in [0.5, 0.6) is 0 Å². The Kier molecular flexibility index (Phi) is 3.72. The van der Waals surface area contributed by atoms with Crippen LogP contribution < -0.4 is 4.72 Å². The zero-order valence-corrected chi connectivity index (χ0v) is 13.2. The summed E-state index contributed by atoms with van der Waals surface area (Å²) in [6.45, 7) is 1.91. The molecule has 0 saturated heterocycles. The Morgan fingerprint density at radius 3 is 2.64 bits per heavy atom. The van der Waals surface area contributed by atoms with Crippen LogP contribution in [0.25, 0.3) is 10.8 Å². The molecule has 22 heavy (non-hydrogen) atoms. The van der Waals surface area contributed by atoms with Gasteiger partial charge in [0.25, 0.3) is 10.0 Å². The molecule has 1 N–H and O–H groups in total. The lowest BCUT2D eigenvalue weighted by molar-refractivity contribution is 0.601. The fraction of sp³-hybridized carbons (Fsp3) is 0.0667. The van der Waals surface area contributed by atoms with Gasteiger partial charge < -0.3 is 0 Å². The molecule has 0 bridgehead atoms. The van der Waals surface area contributed by atoms with Crippen LogP contribution in [0, 0.1) is 6.92 Å². The Bertz CT molecular complexity index is 941. The van der Waals surface area contributed by atoms with Crippen molar-refractivity contribution in [3.63, 3.8) is 0 Å². The third kappa shape index (κ3) is 2.88. The van der Waals surface area contributed by atoms with Crippen molar-refractivity contribution >= 4 is 38.1 Å². The standard InChI is InChI=1S/C15H12ClN3O2S/c1-10-14-4-2-12(8-11(14)6-7-17-10)19-22(20,21)13-3-5-15(16)18-9-13/h2-9,19H,1H3. The molecule has 5 nitrogen and oxygen atoms in total. The average molecular weight is 334 g/mol. The summed E-state index contributed by atoms with van der Waals surface area (Å²) < 4.78 is 27.2. The van der Waals surface area contributed by atoms with Gasteiger partial charge in [-0.15, -0.1) is 0 Å². The van der Waals surface area contributed by atoms with Gasteiger partial charge in [0.2, 0.25) is 0 Å². The molecule has 3 aromatic rings. The minimum Gasteiger partial charge on any atom is -0.280 e. The van der Waals surface area contributed by atoms with Crippen LogP contribution in [0.3, 0.4) is 0 Å². The Balaban J connectivity index is 1.97. The van der Waals surface area contributed by atoms with Gasteiger partial charge in [-0.3, -0.25) is 9.71 Å². The number of anilines is 1. The van der Waals surface area contributed by atoms with Crippen LogP contribution in [0.1, 0.15) is 5.69 Å². The molecule has 0 spiro atoms. The Hall–Kier alpha value is -2.18. The van der Waals surface area contributed by atoms with Crippen LogP contribution in [0.15, 0.2) is 53.7 Å². The van der Waals surface area contributed by atoms with Crippen LogP contribution in [-0.4, -0.2) is 18.4 Å². The molecule has 0 amide bonds. The van der Waals surface area contributed by atoms with Gasteiger partial charge in [-0.1, -0.05) is 17.7 Å². The van der Waals surface area contributed by atoms with Gasteiger partial charge in [-0.25, -0.2) is 13.4 Å². The quantitative estimate of drug-likeness (QED) is 0.746. The molecule has 112 valence electrons. The number of hydrogen-bond acceptors (Lipinski definition) is 4. The molecule has 2 heterocycles. The molecule has 0 aliphatic carbocycles. The van der Waals surface area contributed by atoms with Crippen molar-refractivity contribution in [3.8, 4) is 0 Å². The molecule has 0 aliphatic heterocycles. The first-order chi connectivity index (χ1) is 10.5. The lowest BCUT2D eigenvalue weighted by Gasteiger charge is -2.09. The molecule has 7 heteroatoms. The molecule has 2 aromatic heterocycles. The lowest BCUT2D eigenvalue weighted by atomic mass is 10.1. The van der Waals surface area contributed by atoms with Crippen molar-refractivity contribution in [3.05, 3.63) is 59.6 Å². The molecular weight excluding hydrogens is 322 g/mol. The molecule has 0 fully saturated rings. The van der Waals surface area contributed by atoms with E-state index in [4.69, 9.17) is 11.6 Å². The van der Waals surface area contributed by atoms with Gasteiger partial charge >= 0.3 is 0 Å². The first kappa shape index (κ1) is 14.7. The number of pyridine rings is 2. The van der Waals surface area contributed by atoms with Crippen molar-refractivity contribution in [1.82, 2.24) is 9.97 Å². The van der Waals surface area contributed by atoms with Crippen molar-refractivity contribution < 1.29 is 8.42 Å². The van der Waals surface area contributed by atoms with Crippen LogP contribution in [0.4, 0.5) is 5.69 Å². The largest absolute Gasteiger partial charge is 0.280 e. The highest BCUT2D eigenvalue weighted by Gasteiger charge is 2.15. The number of nitrogens with one attached hydrogen (secondary N) is 1. The van der Waals surface area contributed by atoms with Crippen LogP contribution in [0.2, 0.25) is 5.15 Å². The van der Waals surface area contributed by atoms with Crippen LogP contribution >= 0.6 is 11.6 Å².